The van der Waals surface area contributed by atoms with Gasteiger partial charge in [-0.25, -0.2) is 0 Å². The molecule has 0 saturated carbocycles. The first kappa shape index (κ1) is 12.8. The minimum atomic E-state index is -0.694. The lowest BCUT2D eigenvalue weighted by Gasteiger charge is -2.40. The Labute approximate surface area is 102 Å². The van der Waals surface area contributed by atoms with Gasteiger partial charge in [-0.15, -0.1) is 0 Å². The molecule has 98 valence electrons. The lowest BCUT2D eigenvalue weighted by atomic mass is 10.0. The van der Waals surface area contributed by atoms with E-state index in [4.69, 9.17) is 9.84 Å². The molecule has 0 aromatic carbocycles. The number of ether oxygens (including phenoxy) is 1. The monoisotopic (exact) mass is 242 g/mol. The molecule has 0 spiro atoms. The van der Waals surface area contributed by atoms with Crippen LogP contribution in [0.25, 0.3) is 0 Å². The summed E-state index contributed by atoms with van der Waals surface area (Å²) in [5.41, 5.74) is 0. The van der Waals surface area contributed by atoms with Gasteiger partial charge in [0.1, 0.15) is 0 Å². The number of carbonyl (C=O) groups is 1. The van der Waals surface area contributed by atoms with Gasteiger partial charge in [0.15, 0.2) is 0 Å². The van der Waals surface area contributed by atoms with E-state index in [0.717, 1.165) is 39.4 Å². The van der Waals surface area contributed by atoms with Crippen LogP contribution < -0.4 is 0 Å². The van der Waals surface area contributed by atoms with Gasteiger partial charge in [-0.05, 0) is 25.9 Å². The van der Waals surface area contributed by atoms with Crippen molar-refractivity contribution in [1.29, 1.82) is 0 Å². The molecule has 0 aromatic heterocycles. The molecule has 17 heavy (non-hydrogen) atoms. The Morgan fingerprint density at radius 1 is 1.18 bits per heavy atom. The summed E-state index contributed by atoms with van der Waals surface area (Å²) in [6, 6.07) is 0.681. The molecule has 0 aromatic rings. The number of morpholine rings is 1. The fourth-order valence-corrected chi connectivity index (χ4v) is 2.70. The van der Waals surface area contributed by atoms with Crippen LogP contribution in [-0.2, 0) is 9.53 Å². The van der Waals surface area contributed by atoms with Crippen molar-refractivity contribution < 1.29 is 14.6 Å². The fraction of sp³-hybridized carbons (Fsp3) is 0.917. The van der Waals surface area contributed by atoms with Gasteiger partial charge >= 0.3 is 5.97 Å². The van der Waals surface area contributed by atoms with Crippen LogP contribution in [0.15, 0.2) is 0 Å². The second kappa shape index (κ2) is 6.33. The molecule has 0 amide bonds. The molecule has 1 N–H and O–H groups in total. The summed E-state index contributed by atoms with van der Waals surface area (Å²) < 4.78 is 5.36. The molecule has 5 heteroatoms. The Morgan fingerprint density at radius 2 is 1.82 bits per heavy atom. The number of hydrogen-bond acceptors (Lipinski definition) is 4. The SMILES string of the molecule is O=C(O)CCN1CCC(N2CCOCC2)CC1. The summed E-state index contributed by atoms with van der Waals surface area (Å²) in [7, 11) is 0. The average molecular weight is 242 g/mol. The Bertz CT molecular complexity index is 246. The summed E-state index contributed by atoms with van der Waals surface area (Å²) in [5, 5.41) is 8.65. The maximum atomic E-state index is 10.5. The lowest BCUT2D eigenvalue weighted by Crippen LogP contribution is -2.49. The molecule has 2 fully saturated rings. The summed E-state index contributed by atoms with van der Waals surface area (Å²) >= 11 is 0. The molecule has 0 bridgehead atoms. The zero-order chi connectivity index (χ0) is 12.1. The van der Waals surface area contributed by atoms with Crippen molar-refractivity contribution in [2.45, 2.75) is 25.3 Å². The number of aliphatic carboxylic acids is 1. The summed E-state index contributed by atoms with van der Waals surface area (Å²) in [4.78, 5) is 15.3. The van der Waals surface area contributed by atoms with Crippen LogP contribution in [-0.4, -0.2) is 72.9 Å². The van der Waals surface area contributed by atoms with E-state index < -0.39 is 5.97 Å². The van der Waals surface area contributed by atoms with E-state index in [0.29, 0.717) is 12.6 Å². The van der Waals surface area contributed by atoms with Crippen molar-refractivity contribution in [1.82, 2.24) is 9.80 Å². The zero-order valence-corrected chi connectivity index (χ0v) is 10.3. The Morgan fingerprint density at radius 3 is 2.41 bits per heavy atom. The van der Waals surface area contributed by atoms with Gasteiger partial charge in [0, 0.05) is 25.7 Å². The van der Waals surface area contributed by atoms with E-state index in [2.05, 4.69) is 9.80 Å². The van der Waals surface area contributed by atoms with Crippen LogP contribution in [0.1, 0.15) is 19.3 Å². The molecule has 0 aliphatic carbocycles. The van der Waals surface area contributed by atoms with Crippen molar-refractivity contribution in [3.05, 3.63) is 0 Å². The van der Waals surface area contributed by atoms with Crippen LogP contribution in [0, 0.1) is 0 Å². The topological polar surface area (TPSA) is 53.0 Å². The predicted molar refractivity (Wildman–Crippen MR) is 64.1 cm³/mol. The van der Waals surface area contributed by atoms with Crippen molar-refractivity contribution in [2.24, 2.45) is 0 Å². The quantitative estimate of drug-likeness (QED) is 0.766. The van der Waals surface area contributed by atoms with Crippen molar-refractivity contribution >= 4 is 5.97 Å². The maximum absolute atomic E-state index is 10.5. The fourth-order valence-electron chi connectivity index (χ4n) is 2.70. The Balaban J connectivity index is 1.68. The molecule has 2 aliphatic heterocycles. The second-order valence-electron chi connectivity index (χ2n) is 4.86. The van der Waals surface area contributed by atoms with Crippen molar-refractivity contribution in [3.8, 4) is 0 Å². The minimum Gasteiger partial charge on any atom is -0.481 e. The third kappa shape index (κ3) is 3.94. The highest BCUT2D eigenvalue weighted by molar-refractivity contribution is 5.66. The first-order chi connectivity index (χ1) is 8.25. The highest BCUT2D eigenvalue weighted by Gasteiger charge is 2.25. The van der Waals surface area contributed by atoms with Crippen LogP contribution >= 0.6 is 0 Å². The van der Waals surface area contributed by atoms with E-state index in [-0.39, 0.29) is 6.42 Å². The largest absolute Gasteiger partial charge is 0.481 e. The zero-order valence-electron chi connectivity index (χ0n) is 10.3. The molecule has 2 aliphatic rings. The van der Waals surface area contributed by atoms with Crippen molar-refractivity contribution in [3.63, 3.8) is 0 Å². The number of likely N-dealkylation sites (tertiary alicyclic amines) is 1. The average Bonchev–Trinajstić information content (AvgIpc) is 2.38. The maximum Gasteiger partial charge on any atom is 0.304 e. The molecule has 0 atom stereocenters. The van der Waals surface area contributed by atoms with E-state index in [1.165, 1.54) is 12.8 Å². The Kier molecular flexibility index (Phi) is 4.76. The van der Waals surface area contributed by atoms with Crippen LogP contribution in [0.2, 0.25) is 0 Å². The third-order valence-electron chi connectivity index (χ3n) is 3.76. The number of rotatable bonds is 4. The number of hydrogen-bond donors (Lipinski definition) is 1. The molecular formula is C12H22N2O3. The van der Waals surface area contributed by atoms with Gasteiger partial charge in [-0.1, -0.05) is 0 Å². The number of carboxylic acids is 1. The first-order valence-electron chi connectivity index (χ1n) is 6.51. The summed E-state index contributed by atoms with van der Waals surface area (Å²) in [6.07, 6.45) is 2.60. The van der Waals surface area contributed by atoms with E-state index >= 15 is 0 Å². The molecule has 5 nitrogen and oxygen atoms in total. The smallest absolute Gasteiger partial charge is 0.304 e. The Hall–Kier alpha value is -0.650. The van der Waals surface area contributed by atoms with Gasteiger partial charge in [0.05, 0.1) is 19.6 Å². The van der Waals surface area contributed by atoms with Crippen LogP contribution in [0.4, 0.5) is 0 Å². The molecule has 0 radical (unpaired) electrons. The number of carboxylic acid groups (broad SMARTS) is 1. The van der Waals surface area contributed by atoms with Gasteiger partial charge in [0.2, 0.25) is 0 Å². The van der Waals surface area contributed by atoms with E-state index in [9.17, 15) is 4.79 Å². The molecular weight excluding hydrogens is 220 g/mol. The van der Waals surface area contributed by atoms with Crippen molar-refractivity contribution in [2.75, 3.05) is 45.9 Å². The van der Waals surface area contributed by atoms with Gasteiger partial charge in [-0.3, -0.25) is 9.69 Å². The summed E-state index contributed by atoms with van der Waals surface area (Å²) in [6.45, 7) is 6.60. The lowest BCUT2D eigenvalue weighted by molar-refractivity contribution is -0.137. The number of nitrogens with zero attached hydrogens (tertiary/aromatic N) is 2. The highest BCUT2D eigenvalue weighted by atomic mass is 16.5. The van der Waals surface area contributed by atoms with Gasteiger partial charge in [0.25, 0.3) is 0 Å². The van der Waals surface area contributed by atoms with E-state index in [1.807, 2.05) is 0 Å². The number of piperidine rings is 1. The normalized spacial score (nSPS) is 24.9. The minimum absolute atomic E-state index is 0.266. The highest BCUT2D eigenvalue weighted by Crippen LogP contribution is 2.17. The molecule has 2 heterocycles. The van der Waals surface area contributed by atoms with E-state index in [1.54, 1.807) is 0 Å². The van der Waals surface area contributed by atoms with Crippen LogP contribution in [0.5, 0.6) is 0 Å². The second-order valence-corrected chi connectivity index (χ2v) is 4.86. The predicted octanol–water partition coefficient (Wildman–Crippen LogP) is 0.258. The van der Waals surface area contributed by atoms with Gasteiger partial charge in [-0.2, -0.15) is 0 Å². The van der Waals surface area contributed by atoms with Crippen LogP contribution in [0.3, 0.4) is 0 Å². The van der Waals surface area contributed by atoms with Gasteiger partial charge < -0.3 is 14.7 Å². The molecule has 2 saturated heterocycles. The first-order valence-corrected chi connectivity index (χ1v) is 6.51. The standard InChI is InChI=1S/C12H22N2O3/c15-12(16)3-6-13-4-1-11(2-5-13)14-7-9-17-10-8-14/h11H,1-10H2,(H,15,16). The molecule has 0 unspecified atom stereocenters. The third-order valence-corrected chi connectivity index (χ3v) is 3.76. The molecule has 2 rings (SSSR count). The summed E-state index contributed by atoms with van der Waals surface area (Å²) in [5.74, 6) is -0.694.